The minimum absolute atomic E-state index is 0.0320. The van der Waals surface area contributed by atoms with Crippen molar-refractivity contribution < 1.29 is 14.3 Å². The number of methoxy groups -OCH3 is 1. The van der Waals surface area contributed by atoms with Gasteiger partial charge in [-0.25, -0.2) is 0 Å². The van der Waals surface area contributed by atoms with Crippen LogP contribution in [0.5, 0.6) is 0 Å². The lowest BCUT2D eigenvalue weighted by Gasteiger charge is -2.28. The van der Waals surface area contributed by atoms with Gasteiger partial charge in [0.1, 0.15) is 6.54 Å². The van der Waals surface area contributed by atoms with Crippen molar-refractivity contribution in [3.63, 3.8) is 0 Å². The first-order chi connectivity index (χ1) is 10.2. The van der Waals surface area contributed by atoms with Gasteiger partial charge in [-0.05, 0) is 43.4 Å². The van der Waals surface area contributed by atoms with Crippen LogP contribution in [0, 0.1) is 0 Å². The average molecular weight is 307 g/mol. The summed E-state index contributed by atoms with van der Waals surface area (Å²) < 4.78 is 4.73. The van der Waals surface area contributed by atoms with E-state index in [9.17, 15) is 9.59 Å². The highest BCUT2D eigenvalue weighted by Crippen LogP contribution is 2.25. The number of rotatable bonds is 5. The lowest BCUT2D eigenvalue weighted by atomic mass is 10.1. The Kier molecular flexibility index (Phi) is 5.67. The maximum Gasteiger partial charge on any atom is 0.325 e. The van der Waals surface area contributed by atoms with Crippen LogP contribution in [0.1, 0.15) is 36.0 Å². The molecule has 1 aromatic rings. The van der Waals surface area contributed by atoms with Gasteiger partial charge < -0.3 is 9.64 Å². The van der Waals surface area contributed by atoms with Crippen molar-refractivity contribution >= 4 is 23.6 Å². The molecule has 114 valence electrons. The van der Waals surface area contributed by atoms with E-state index in [-0.39, 0.29) is 24.5 Å². The van der Waals surface area contributed by atoms with Crippen LogP contribution in [0.3, 0.4) is 0 Å². The number of ether oxygens (including phenoxy) is 1. The van der Waals surface area contributed by atoms with E-state index in [4.69, 9.17) is 4.74 Å². The molecular weight excluding hydrogens is 286 g/mol. The van der Waals surface area contributed by atoms with Gasteiger partial charge in [0.15, 0.2) is 0 Å². The third-order valence-electron chi connectivity index (χ3n) is 3.89. The van der Waals surface area contributed by atoms with E-state index in [2.05, 4.69) is 0 Å². The summed E-state index contributed by atoms with van der Waals surface area (Å²) in [4.78, 5) is 27.1. The fourth-order valence-electron chi connectivity index (χ4n) is 2.69. The second kappa shape index (κ2) is 7.50. The molecule has 1 aliphatic rings. The molecule has 1 amide bonds. The van der Waals surface area contributed by atoms with Crippen molar-refractivity contribution in [2.45, 2.75) is 36.6 Å². The molecule has 5 heteroatoms. The molecule has 0 bridgehead atoms. The highest BCUT2D eigenvalue weighted by molar-refractivity contribution is 7.98. The zero-order valence-electron chi connectivity index (χ0n) is 12.5. The molecule has 0 spiro atoms. The van der Waals surface area contributed by atoms with Crippen LogP contribution in [0.15, 0.2) is 29.2 Å². The van der Waals surface area contributed by atoms with Gasteiger partial charge in [0.25, 0.3) is 5.91 Å². The Morgan fingerprint density at radius 3 is 2.38 bits per heavy atom. The van der Waals surface area contributed by atoms with E-state index in [0.717, 1.165) is 30.6 Å². The fraction of sp³-hybridized carbons (Fsp3) is 0.500. The number of nitrogens with zero attached hydrogens (tertiary/aromatic N) is 1. The first-order valence-electron chi connectivity index (χ1n) is 7.17. The molecule has 0 radical (unpaired) electrons. The Bertz CT molecular complexity index is 495. The van der Waals surface area contributed by atoms with Crippen molar-refractivity contribution in [2.24, 2.45) is 0 Å². The van der Waals surface area contributed by atoms with Gasteiger partial charge in [0.05, 0.1) is 7.11 Å². The molecule has 1 aliphatic carbocycles. The number of carbonyl (C=O) groups excluding carboxylic acids is 2. The van der Waals surface area contributed by atoms with Crippen LogP contribution in [0.25, 0.3) is 0 Å². The Morgan fingerprint density at radius 1 is 1.24 bits per heavy atom. The van der Waals surface area contributed by atoms with Crippen molar-refractivity contribution in [1.82, 2.24) is 4.90 Å². The fourth-order valence-corrected chi connectivity index (χ4v) is 3.09. The number of benzene rings is 1. The Morgan fingerprint density at radius 2 is 1.86 bits per heavy atom. The second-order valence-corrected chi connectivity index (χ2v) is 6.06. The van der Waals surface area contributed by atoms with Crippen LogP contribution in [-0.2, 0) is 9.53 Å². The molecule has 4 nitrogen and oxygen atoms in total. The van der Waals surface area contributed by atoms with Gasteiger partial charge in [-0.3, -0.25) is 9.59 Å². The highest BCUT2D eigenvalue weighted by Gasteiger charge is 2.29. The summed E-state index contributed by atoms with van der Waals surface area (Å²) in [5.74, 6) is -0.448. The monoisotopic (exact) mass is 307 g/mol. The molecular formula is C16H21NO3S. The Labute approximate surface area is 129 Å². The van der Waals surface area contributed by atoms with Crippen LogP contribution in [0.2, 0.25) is 0 Å². The van der Waals surface area contributed by atoms with E-state index in [1.54, 1.807) is 16.7 Å². The molecule has 0 heterocycles. The predicted octanol–water partition coefficient (Wildman–Crippen LogP) is 2.97. The van der Waals surface area contributed by atoms with Gasteiger partial charge in [0, 0.05) is 16.5 Å². The Balaban J connectivity index is 2.17. The van der Waals surface area contributed by atoms with Gasteiger partial charge in [-0.2, -0.15) is 0 Å². The quantitative estimate of drug-likeness (QED) is 0.620. The van der Waals surface area contributed by atoms with Crippen LogP contribution >= 0.6 is 11.8 Å². The van der Waals surface area contributed by atoms with Crippen molar-refractivity contribution in [2.75, 3.05) is 19.9 Å². The third kappa shape index (κ3) is 4.00. The maximum absolute atomic E-state index is 12.7. The number of thioether (sulfide) groups is 1. The van der Waals surface area contributed by atoms with Crippen LogP contribution in [-0.4, -0.2) is 42.7 Å². The van der Waals surface area contributed by atoms with Gasteiger partial charge in [0.2, 0.25) is 0 Å². The molecule has 0 unspecified atom stereocenters. The second-order valence-electron chi connectivity index (χ2n) is 5.18. The van der Waals surface area contributed by atoms with Gasteiger partial charge in [-0.1, -0.05) is 12.8 Å². The van der Waals surface area contributed by atoms with E-state index in [0.29, 0.717) is 5.56 Å². The van der Waals surface area contributed by atoms with Crippen molar-refractivity contribution in [3.05, 3.63) is 29.8 Å². The summed E-state index contributed by atoms with van der Waals surface area (Å²) in [6.07, 6.45) is 6.15. The molecule has 0 N–H and O–H groups in total. The zero-order valence-corrected chi connectivity index (χ0v) is 13.3. The number of hydrogen-bond acceptors (Lipinski definition) is 4. The maximum atomic E-state index is 12.7. The molecule has 1 fully saturated rings. The SMILES string of the molecule is COC(=O)CN(C(=O)c1ccc(SC)cc1)C1CCCC1. The molecule has 2 rings (SSSR count). The minimum atomic E-state index is -0.365. The molecule has 0 atom stereocenters. The van der Waals surface area contributed by atoms with Crippen molar-refractivity contribution in [1.29, 1.82) is 0 Å². The number of hydrogen-bond donors (Lipinski definition) is 0. The van der Waals surface area contributed by atoms with E-state index in [1.165, 1.54) is 7.11 Å². The van der Waals surface area contributed by atoms with Gasteiger partial charge in [-0.15, -0.1) is 11.8 Å². The standard InChI is InChI=1S/C16H21NO3S/c1-20-15(18)11-17(13-5-3-4-6-13)16(19)12-7-9-14(21-2)10-8-12/h7-10,13H,3-6,11H2,1-2H3. The Hall–Kier alpha value is -1.49. The number of carbonyl (C=O) groups is 2. The first-order valence-corrected chi connectivity index (χ1v) is 8.40. The lowest BCUT2D eigenvalue weighted by Crippen LogP contribution is -2.42. The zero-order chi connectivity index (χ0) is 15.2. The highest BCUT2D eigenvalue weighted by atomic mass is 32.2. The topological polar surface area (TPSA) is 46.6 Å². The molecule has 0 saturated heterocycles. The van der Waals surface area contributed by atoms with Crippen molar-refractivity contribution in [3.8, 4) is 0 Å². The smallest absolute Gasteiger partial charge is 0.325 e. The molecule has 1 saturated carbocycles. The molecule has 21 heavy (non-hydrogen) atoms. The van der Waals surface area contributed by atoms with Gasteiger partial charge >= 0.3 is 5.97 Å². The largest absolute Gasteiger partial charge is 0.468 e. The first kappa shape index (κ1) is 15.9. The minimum Gasteiger partial charge on any atom is -0.468 e. The molecule has 0 aromatic heterocycles. The number of esters is 1. The normalized spacial score (nSPS) is 15.0. The van der Waals surface area contributed by atoms with Crippen LogP contribution in [0.4, 0.5) is 0 Å². The third-order valence-corrected chi connectivity index (χ3v) is 4.63. The number of amides is 1. The summed E-state index contributed by atoms with van der Waals surface area (Å²) in [6.45, 7) is 0.0320. The van der Waals surface area contributed by atoms with E-state index in [1.807, 2.05) is 30.5 Å². The summed E-state index contributed by atoms with van der Waals surface area (Å²) in [6, 6.07) is 7.67. The van der Waals surface area contributed by atoms with Crippen LogP contribution < -0.4 is 0 Å². The predicted molar refractivity (Wildman–Crippen MR) is 83.5 cm³/mol. The molecule has 1 aromatic carbocycles. The van der Waals surface area contributed by atoms with E-state index >= 15 is 0 Å². The lowest BCUT2D eigenvalue weighted by molar-refractivity contribution is -0.141. The summed E-state index contributed by atoms with van der Waals surface area (Å²) in [7, 11) is 1.35. The summed E-state index contributed by atoms with van der Waals surface area (Å²) >= 11 is 1.64. The molecule has 0 aliphatic heterocycles. The average Bonchev–Trinajstić information content (AvgIpc) is 3.06. The summed E-state index contributed by atoms with van der Waals surface area (Å²) in [5, 5.41) is 0. The van der Waals surface area contributed by atoms with E-state index < -0.39 is 0 Å². The summed E-state index contributed by atoms with van der Waals surface area (Å²) in [5.41, 5.74) is 0.628.